The first-order valence-electron chi connectivity index (χ1n) is 7.84. The Bertz CT molecular complexity index is 451. The molecule has 1 aromatic rings. The predicted molar refractivity (Wildman–Crippen MR) is 99.3 cm³/mol. The van der Waals surface area contributed by atoms with Crippen LogP contribution in [0.4, 0.5) is 5.69 Å². The van der Waals surface area contributed by atoms with Crippen LogP contribution in [0, 0.1) is 11.8 Å². The van der Waals surface area contributed by atoms with Gasteiger partial charge in [-0.1, -0.05) is 47.3 Å². The van der Waals surface area contributed by atoms with Gasteiger partial charge in [-0.15, -0.1) is 0 Å². The van der Waals surface area contributed by atoms with E-state index in [1.807, 2.05) is 26.0 Å². The van der Waals surface area contributed by atoms with Gasteiger partial charge in [-0.3, -0.25) is 9.59 Å². The van der Waals surface area contributed by atoms with Gasteiger partial charge in [-0.2, -0.15) is 0 Å². The number of carbonyl (C=O) groups is 2. The summed E-state index contributed by atoms with van der Waals surface area (Å²) < 4.78 is 0. The summed E-state index contributed by atoms with van der Waals surface area (Å²) in [5, 5.41) is 2.65. The van der Waals surface area contributed by atoms with Crippen molar-refractivity contribution >= 4 is 17.4 Å². The second-order valence-corrected chi connectivity index (χ2v) is 6.24. The Balaban J connectivity index is 0. The van der Waals surface area contributed by atoms with Crippen molar-refractivity contribution in [3.8, 4) is 0 Å². The molecule has 0 atom stereocenters. The molecule has 3 N–H and O–H groups in total. The summed E-state index contributed by atoms with van der Waals surface area (Å²) in [6.07, 6.45) is 1.57. The van der Waals surface area contributed by atoms with Crippen LogP contribution in [-0.2, 0) is 16.0 Å². The molecule has 4 heteroatoms. The van der Waals surface area contributed by atoms with Crippen LogP contribution in [0.15, 0.2) is 24.3 Å². The number of nitrogens with two attached hydrogens (primary N) is 1. The van der Waals surface area contributed by atoms with Crippen molar-refractivity contribution in [2.45, 2.75) is 54.9 Å². The molecule has 0 fully saturated rings. The maximum atomic E-state index is 10.9. The van der Waals surface area contributed by atoms with Crippen molar-refractivity contribution in [1.82, 2.24) is 5.32 Å². The Labute approximate surface area is 141 Å². The van der Waals surface area contributed by atoms with Gasteiger partial charge in [0, 0.05) is 24.6 Å². The Hall–Kier alpha value is -1.84. The molecule has 0 radical (unpaired) electrons. The third-order valence-corrected chi connectivity index (χ3v) is 2.92. The highest BCUT2D eigenvalue weighted by Crippen LogP contribution is 2.10. The molecule has 1 aromatic carbocycles. The lowest BCUT2D eigenvalue weighted by Crippen LogP contribution is -2.29. The van der Waals surface area contributed by atoms with Gasteiger partial charge in [-0.25, -0.2) is 0 Å². The van der Waals surface area contributed by atoms with Gasteiger partial charge in [0.05, 0.1) is 0 Å². The molecule has 132 valence electrons. The second-order valence-electron chi connectivity index (χ2n) is 6.24. The van der Waals surface area contributed by atoms with Crippen LogP contribution >= 0.6 is 0 Å². The smallest absolute Gasteiger partial charge is 0.222 e. The molecule has 1 rings (SSSR count). The molecule has 0 aliphatic rings. The molecule has 0 aliphatic carbocycles. The molecule has 0 spiro atoms. The molecule has 0 aromatic heterocycles. The van der Waals surface area contributed by atoms with Gasteiger partial charge in [0.25, 0.3) is 0 Å². The van der Waals surface area contributed by atoms with Gasteiger partial charge in [0.15, 0.2) is 0 Å². The van der Waals surface area contributed by atoms with Crippen LogP contribution in [0.5, 0.6) is 0 Å². The lowest BCUT2D eigenvalue weighted by molar-refractivity contribution is -0.124. The summed E-state index contributed by atoms with van der Waals surface area (Å²) in [5.41, 5.74) is 7.77. The number of carbonyl (C=O) groups excluding carboxylic acids is 2. The van der Waals surface area contributed by atoms with E-state index in [0.717, 1.165) is 18.0 Å². The van der Waals surface area contributed by atoms with Gasteiger partial charge in [0.2, 0.25) is 5.91 Å². The lowest BCUT2D eigenvalue weighted by atomic mass is 10.0. The maximum absolute atomic E-state index is 10.9. The number of hydrogen-bond donors (Lipinski definition) is 2. The number of ketones is 1. The Morgan fingerprint density at radius 1 is 1.09 bits per heavy atom. The number of rotatable bonds is 6. The standard InChI is InChI=1S/C10H15N.C8H15NO2.CH4/c1-8(2)7-9-3-5-10(11)6-4-9;1-6(2)8(11)9-5-4-7(3)10;/h3-6,8H,7,11H2,1-2H3;6H,4-5H2,1-3H3,(H,9,11);1H4. The highest BCUT2D eigenvalue weighted by molar-refractivity contribution is 5.79. The van der Waals surface area contributed by atoms with Crippen LogP contribution in [0.3, 0.4) is 0 Å². The second kappa shape index (κ2) is 12.7. The summed E-state index contributed by atoms with van der Waals surface area (Å²) in [4.78, 5) is 21.3. The zero-order valence-electron chi connectivity index (χ0n) is 14.5. The predicted octanol–water partition coefficient (Wildman–Crippen LogP) is 3.84. The molecule has 23 heavy (non-hydrogen) atoms. The zero-order chi connectivity index (χ0) is 17.1. The van der Waals surface area contributed by atoms with Crippen molar-refractivity contribution in [3.63, 3.8) is 0 Å². The van der Waals surface area contributed by atoms with Crippen molar-refractivity contribution in [3.05, 3.63) is 29.8 Å². The van der Waals surface area contributed by atoms with E-state index >= 15 is 0 Å². The number of benzene rings is 1. The molecule has 0 heterocycles. The average Bonchev–Trinajstić information content (AvgIpc) is 2.41. The summed E-state index contributed by atoms with van der Waals surface area (Å²) in [5.74, 6) is 0.834. The molecular weight excluding hydrogens is 288 g/mol. The minimum atomic E-state index is 0. The van der Waals surface area contributed by atoms with Crippen molar-refractivity contribution < 1.29 is 9.59 Å². The Morgan fingerprint density at radius 3 is 2.00 bits per heavy atom. The van der Waals surface area contributed by atoms with Gasteiger partial charge >= 0.3 is 0 Å². The van der Waals surface area contributed by atoms with Crippen LogP contribution < -0.4 is 11.1 Å². The third kappa shape index (κ3) is 13.5. The van der Waals surface area contributed by atoms with E-state index in [1.54, 1.807) is 0 Å². The van der Waals surface area contributed by atoms with Crippen molar-refractivity contribution in [2.24, 2.45) is 11.8 Å². The topological polar surface area (TPSA) is 72.2 Å². The van der Waals surface area contributed by atoms with Crippen LogP contribution in [-0.4, -0.2) is 18.2 Å². The summed E-state index contributed by atoms with van der Waals surface area (Å²) in [7, 11) is 0. The minimum Gasteiger partial charge on any atom is -0.399 e. The molecule has 4 nitrogen and oxygen atoms in total. The molecule has 0 bridgehead atoms. The monoisotopic (exact) mass is 322 g/mol. The lowest BCUT2D eigenvalue weighted by Gasteiger charge is -2.05. The molecule has 0 saturated heterocycles. The number of anilines is 1. The zero-order valence-corrected chi connectivity index (χ0v) is 14.5. The van der Waals surface area contributed by atoms with E-state index in [0.29, 0.717) is 13.0 Å². The molecule has 1 amide bonds. The third-order valence-electron chi connectivity index (χ3n) is 2.92. The van der Waals surface area contributed by atoms with E-state index in [4.69, 9.17) is 5.73 Å². The Morgan fingerprint density at radius 2 is 1.61 bits per heavy atom. The minimum absolute atomic E-state index is 0. The van der Waals surface area contributed by atoms with Crippen LogP contribution in [0.25, 0.3) is 0 Å². The fraction of sp³-hybridized carbons (Fsp3) is 0.579. The van der Waals surface area contributed by atoms with E-state index < -0.39 is 0 Å². The van der Waals surface area contributed by atoms with E-state index in [9.17, 15) is 9.59 Å². The van der Waals surface area contributed by atoms with Gasteiger partial charge < -0.3 is 11.1 Å². The van der Waals surface area contributed by atoms with Gasteiger partial charge in [0.1, 0.15) is 5.78 Å². The Kier molecular flexibility index (Phi) is 12.9. The fourth-order valence-electron chi connectivity index (χ4n) is 1.69. The summed E-state index contributed by atoms with van der Waals surface area (Å²) >= 11 is 0. The number of hydrogen-bond acceptors (Lipinski definition) is 3. The molecular formula is C19H34N2O2. The first-order valence-corrected chi connectivity index (χ1v) is 7.84. The number of nitrogens with one attached hydrogen (secondary N) is 1. The first kappa shape index (κ1) is 23.4. The first-order chi connectivity index (χ1) is 10.2. The normalized spacial score (nSPS) is 9.70. The van der Waals surface area contributed by atoms with E-state index in [-0.39, 0.29) is 25.0 Å². The van der Waals surface area contributed by atoms with Crippen molar-refractivity contribution in [1.29, 1.82) is 0 Å². The number of nitrogen functional groups attached to an aromatic ring is 1. The largest absolute Gasteiger partial charge is 0.399 e. The summed E-state index contributed by atoms with van der Waals surface area (Å²) in [6, 6.07) is 8.10. The molecule has 0 unspecified atom stereocenters. The fourth-order valence-corrected chi connectivity index (χ4v) is 1.69. The maximum Gasteiger partial charge on any atom is 0.222 e. The van der Waals surface area contributed by atoms with Gasteiger partial charge in [-0.05, 0) is 37.0 Å². The van der Waals surface area contributed by atoms with E-state index in [2.05, 4.69) is 31.3 Å². The van der Waals surface area contributed by atoms with E-state index in [1.165, 1.54) is 12.5 Å². The number of Topliss-reactive ketones (excluding diaryl/α,β-unsaturated/α-hetero) is 1. The number of amides is 1. The quantitative estimate of drug-likeness (QED) is 0.782. The summed E-state index contributed by atoms with van der Waals surface area (Å²) in [6.45, 7) is 10.1. The molecule has 0 saturated carbocycles. The highest BCUT2D eigenvalue weighted by Gasteiger charge is 2.05. The van der Waals surface area contributed by atoms with Crippen LogP contribution in [0.1, 0.15) is 54.0 Å². The SMILES string of the molecule is C.CC(=O)CCNC(=O)C(C)C.CC(C)Cc1ccc(N)cc1. The van der Waals surface area contributed by atoms with Crippen molar-refractivity contribution in [2.75, 3.05) is 12.3 Å². The molecule has 0 aliphatic heterocycles. The van der Waals surface area contributed by atoms with Crippen LogP contribution in [0.2, 0.25) is 0 Å². The highest BCUT2D eigenvalue weighted by atomic mass is 16.2. The average molecular weight is 322 g/mol.